The Bertz CT molecular complexity index is 528. The molecule has 2 heterocycles. The summed E-state index contributed by atoms with van der Waals surface area (Å²) in [6.45, 7) is 4.46. The lowest BCUT2D eigenvalue weighted by atomic mass is 10.1. The van der Waals surface area contributed by atoms with Gasteiger partial charge in [-0.2, -0.15) is 0 Å². The van der Waals surface area contributed by atoms with E-state index in [4.69, 9.17) is 14.2 Å². The molecule has 1 aromatic carbocycles. The third-order valence-corrected chi connectivity index (χ3v) is 3.79. The first-order valence-corrected chi connectivity index (χ1v) is 7.11. The molecule has 0 radical (unpaired) electrons. The van der Waals surface area contributed by atoms with Crippen LogP contribution in [0, 0.1) is 10.1 Å². The Morgan fingerprint density at radius 3 is 2.62 bits per heavy atom. The molecule has 0 bridgehead atoms. The first-order valence-electron chi connectivity index (χ1n) is 7.11. The predicted molar refractivity (Wildman–Crippen MR) is 74.8 cm³/mol. The molecule has 3 rings (SSSR count). The number of fused-ring (bicyclic) bond motifs is 1. The lowest BCUT2D eigenvalue weighted by Crippen LogP contribution is -2.36. The summed E-state index contributed by atoms with van der Waals surface area (Å²) < 4.78 is 15.8. The highest BCUT2D eigenvalue weighted by atomic mass is 16.7. The first-order chi connectivity index (χ1) is 10.2. The van der Waals surface area contributed by atoms with Crippen molar-refractivity contribution in [1.29, 1.82) is 0 Å². The molecule has 1 aromatic rings. The third-order valence-electron chi connectivity index (χ3n) is 3.79. The highest BCUT2D eigenvalue weighted by Gasteiger charge is 2.23. The quantitative estimate of drug-likeness (QED) is 0.606. The van der Waals surface area contributed by atoms with Gasteiger partial charge in [0.2, 0.25) is 6.79 Å². The standard InChI is InChI=1S/C14H18N2O5/c17-16(18)12-9-14-13(20-10-21-14)8-11(12)2-1-3-15-4-6-19-7-5-15/h8-9H,1-7,10H2. The van der Waals surface area contributed by atoms with Gasteiger partial charge in [0, 0.05) is 18.7 Å². The number of rotatable bonds is 5. The monoisotopic (exact) mass is 294 g/mol. The van der Waals surface area contributed by atoms with E-state index >= 15 is 0 Å². The maximum absolute atomic E-state index is 11.2. The summed E-state index contributed by atoms with van der Waals surface area (Å²) in [6.07, 6.45) is 1.53. The lowest BCUT2D eigenvalue weighted by Gasteiger charge is -2.26. The minimum Gasteiger partial charge on any atom is -0.454 e. The molecular formula is C14H18N2O5. The van der Waals surface area contributed by atoms with Crippen LogP contribution in [0.15, 0.2) is 12.1 Å². The van der Waals surface area contributed by atoms with Crippen molar-refractivity contribution in [3.05, 3.63) is 27.8 Å². The number of hydrogen-bond acceptors (Lipinski definition) is 6. The molecule has 0 unspecified atom stereocenters. The van der Waals surface area contributed by atoms with Crippen LogP contribution in [0.4, 0.5) is 5.69 Å². The molecule has 0 aliphatic carbocycles. The maximum atomic E-state index is 11.2. The molecule has 0 aromatic heterocycles. The van der Waals surface area contributed by atoms with E-state index < -0.39 is 0 Å². The minimum atomic E-state index is -0.355. The topological polar surface area (TPSA) is 74.1 Å². The van der Waals surface area contributed by atoms with Gasteiger partial charge in [-0.05, 0) is 25.5 Å². The Hall–Kier alpha value is -1.86. The summed E-state index contributed by atoms with van der Waals surface area (Å²) >= 11 is 0. The van der Waals surface area contributed by atoms with Gasteiger partial charge < -0.3 is 14.2 Å². The molecule has 0 N–H and O–H groups in total. The summed E-state index contributed by atoms with van der Waals surface area (Å²) in [5.74, 6) is 1.06. The highest BCUT2D eigenvalue weighted by Crippen LogP contribution is 2.38. The summed E-state index contributed by atoms with van der Waals surface area (Å²) in [6, 6.07) is 3.20. The van der Waals surface area contributed by atoms with Crippen LogP contribution in [0.1, 0.15) is 12.0 Å². The number of benzene rings is 1. The van der Waals surface area contributed by atoms with Gasteiger partial charge in [0.05, 0.1) is 24.2 Å². The van der Waals surface area contributed by atoms with Crippen LogP contribution in [0.25, 0.3) is 0 Å². The van der Waals surface area contributed by atoms with Crippen LogP contribution in [-0.4, -0.2) is 49.5 Å². The molecule has 1 fully saturated rings. The van der Waals surface area contributed by atoms with Crippen LogP contribution in [-0.2, 0) is 11.2 Å². The van der Waals surface area contributed by atoms with Crippen LogP contribution in [0.5, 0.6) is 11.5 Å². The van der Waals surface area contributed by atoms with Gasteiger partial charge in [-0.15, -0.1) is 0 Å². The Balaban J connectivity index is 1.65. The second kappa shape index (κ2) is 6.28. The zero-order valence-electron chi connectivity index (χ0n) is 11.7. The summed E-state index contributed by atoms with van der Waals surface area (Å²) in [5, 5.41) is 11.2. The van der Waals surface area contributed by atoms with Gasteiger partial charge >= 0.3 is 0 Å². The first kappa shape index (κ1) is 14.1. The van der Waals surface area contributed by atoms with Crippen molar-refractivity contribution in [1.82, 2.24) is 4.90 Å². The Morgan fingerprint density at radius 2 is 1.90 bits per heavy atom. The minimum absolute atomic E-state index is 0.112. The molecular weight excluding hydrogens is 276 g/mol. The van der Waals surface area contributed by atoms with Crippen molar-refractivity contribution in [2.45, 2.75) is 12.8 Å². The molecule has 0 atom stereocenters. The normalized spacial score (nSPS) is 17.9. The SMILES string of the molecule is O=[N+]([O-])c1cc2c(cc1CCCN1CCOCC1)OCO2. The van der Waals surface area contributed by atoms with Gasteiger partial charge in [-0.25, -0.2) is 0 Å². The molecule has 2 aliphatic heterocycles. The molecule has 0 amide bonds. The van der Waals surface area contributed by atoms with Crippen LogP contribution in [0.3, 0.4) is 0 Å². The zero-order valence-corrected chi connectivity index (χ0v) is 11.7. The fourth-order valence-corrected chi connectivity index (χ4v) is 2.66. The van der Waals surface area contributed by atoms with Crippen molar-refractivity contribution < 1.29 is 19.1 Å². The number of nitro groups is 1. The van der Waals surface area contributed by atoms with E-state index in [1.54, 1.807) is 6.07 Å². The summed E-state index contributed by atoms with van der Waals surface area (Å²) in [7, 11) is 0. The summed E-state index contributed by atoms with van der Waals surface area (Å²) in [5.41, 5.74) is 0.818. The average Bonchev–Trinajstić information content (AvgIpc) is 2.94. The third kappa shape index (κ3) is 3.25. The Kier molecular flexibility index (Phi) is 4.21. The van der Waals surface area contributed by atoms with Crippen LogP contribution in [0.2, 0.25) is 0 Å². The van der Waals surface area contributed by atoms with Crippen molar-refractivity contribution in [2.24, 2.45) is 0 Å². The molecule has 7 heteroatoms. The van der Waals surface area contributed by atoms with Crippen LogP contribution < -0.4 is 9.47 Å². The number of aryl methyl sites for hydroxylation is 1. The molecule has 0 spiro atoms. The predicted octanol–water partition coefficient (Wildman–Crippen LogP) is 1.59. The van der Waals surface area contributed by atoms with Crippen molar-refractivity contribution in [3.63, 3.8) is 0 Å². The Labute approximate surface area is 122 Å². The fraction of sp³-hybridized carbons (Fsp3) is 0.571. The second-order valence-electron chi connectivity index (χ2n) is 5.15. The van der Waals surface area contributed by atoms with Gasteiger partial charge in [0.1, 0.15) is 0 Å². The number of hydrogen-bond donors (Lipinski definition) is 0. The highest BCUT2D eigenvalue weighted by molar-refractivity contribution is 5.55. The molecule has 21 heavy (non-hydrogen) atoms. The maximum Gasteiger partial charge on any atom is 0.276 e. The van der Waals surface area contributed by atoms with E-state index in [-0.39, 0.29) is 17.4 Å². The number of nitrogens with zero attached hydrogens (tertiary/aromatic N) is 2. The van der Waals surface area contributed by atoms with E-state index in [9.17, 15) is 10.1 Å². The second-order valence-corrected chi connectivity index (χ2v) is 5.15. The zero-order chi connectivity index (χ0) is 14.7. The Morgan fingerprint density at radius 1 is 1.19 bits per heavy atom. The van der Waals surface area contributed by atoms with Crippen molar-refractivity contribution >= 4 is 5.69 Å². The number of ether oxygens (including phenoxy) is 3. The van der Waals surface area contributed by atoms with E-state index in [1.807, 2.05) is 0 Å². The van der Waals surface area contributed by atoms with Gasteiger partial charge in [0.25, 0.3) is 5.69 Å². The van der Waals surface area contributed by atoms with Gasteiger partial charge in [0.15, 0.2) is 11.5 Å². The molecule has 7 nitrogen and oxygen atoms in total. The molecule has 2 aliphatic rings. The fourth-order valence-electron chi connectivity index (χ4n) is 2.66. The van der Waals surface area contributed by atoms with E-state index in [0.717, 1.165) is 39.3 Å². The molecule has 114 valence electrons. The van der Waals surface area contributed by atoms with Crippen molar-refractivity contribution in [3.8, 4) is 11.5 Å². The van der Waals surface area contributed by atoms with E-state index in [1.165, 1.54) is 6.07 Å². The number of morpholine rings is 1. The lowest BCUT2D eigenvalue weighted by molar-refractivity contribution is -0.385. The van der Waals surface area contributed by atoms with E-state index in [2.05, 4.69) is 4.90 Å². The molecule has 1 saturated heterocycles. The van der Waals surface area contributed by atoms with Gasteiger partial charge in [-0.3, -0.25) is 15.0 Å². The summed E-state index contributed by atoms with van der Waals surface area (Å²) in [4.78, 5) is 13.1. The largest absolute Gasteiger partial charge is 0.454 e. The van der Waals surface area contributed by atoms with Gasteiger partial charge in [-0.1, -0.05) is 0 Å². The van der Waals surface area contributed by atoms with Crippen LogP contribution >= 0.6 is 0 Å². The van der Waals surface area contributed by atoms with Crippen molar-refractivity contribution in [2.75, 3.05) is 39.6 Å². The smallest absolute Gasteiger partial charge is 0.276 e. The number of nitro benzene ring substituents is 1. The average molecular weight is 294 g/mol. The molecule has 0 saturated carbocycles. The van der Waals surface area contributed by atoms with E-state index in [0.29, 0.717) is 23.5 Å².